The van der Waals surface area contributed by atoms with Crippen molar-refractivity contribution in [2.24, 2.45) is 5.73 Å². The second kappa shape index (κ2) is 6.55. The summed E-state index contributed by atoms with van der Waals surface area (Å²) < 4.78 is 0. The normalized spacial score (nSPS) is 10.5. The van der Waals surface area contributed by atoms with Gasteiger partial charge in [0.2, 0.25) is 0 Å². The van der Waals surface area contributed by atoms with E-state index in [1.54, 1.807) is 6.20 Å². The first-order valence-electron chi connectivity index (χ1n) is 6.29. The van der Waals surface area contributed by atoms with Gasteiger partial charge in [-0.15, -0.1) is 0 Å². The summed E-state index contributed by atoms with van der Waals surface area (Å²) in [6.45, 7) is 1.42. The van der Waals surface area contributed by atoms with E-state index in [-0.39, 0.29) is 0 Å². The minimum Gasteiger partial charge on any atom is -0.370 e. The van der Waals surface area contributed by atoms with Gasteiger partial charge in [0.25, 0.3) is 0 Å². The van der Waals surface area contributed by atoms with Crippen LogP contribution in [0.5, 0.6) is 0 Å². The first-order valence-corrected chi connectivity index (χ1v) is 6.67. The first kappa shape index (κ1) is 13.8. The highest BCUT2D eigenvalue weighted by Gasteiger charge is 2.06. The molecule has 2 N–H and O–H groups in total. The van der Waals surface area contributed by atoms with E-state index in [0.717, 1.165) is 29.2 Å². The average molecular weight is 276 g/mol. The molecule has 0 saturated heterocycles. The summed E-state index contributed by atoms with van der Waals surface area (Å²) in [5.74, 6) is 0. The maximum atomic E-state index is 6.26. The predicted molar refractivity (Wildman–Crippen MR) is 80.6 cm³/mol. The highest BCUT2D eigenvalue weighted by atomic mass is 35.5. The lowest BCUT2D eigenvalue weighted by Crippen LogP contribution is -2.16. The number of aromatic nitrogens is 1. The van der Waals surface area contributed by atoms with Gasteiger partial charge in [-0.05, 0) is 42.3 Å². The summed E-state index contributed by atoms with van der Waals surface area (Å²) in [5.41, 5.74) is 8.92. The molecule has 0 unspecified atom stereocenters. The fourth-order valence-electron chi connectivity index (χ4n) is 1.99. The van der Waals surface area contributed by atoms with Crippen LogP contribution in [0.4, 0.5) is 5.69 Å². The van der Waals surface area contributed by atoms with Gasteiger partial charge in [-0.3, -0.25) is 4.98 Å². The van der Waals surface area contributed by atoms with E-state index in [1.807, 2.05) is 31.4 Å². The van der Waals surface area contributed by atoms with Crippen molar-refractivity contribution < 1.29 is 0 Å². The molecule has 0 amide bonds. The van der Waals surface area contributed by atoms with Gasteiger partial charge >= 0.3 is 0 Å². The maximum Gasteiger partial charge on any atom is 0.0459 e. The van der Waals surface area contributed by atoms with Crippen LogP contribution in [-0.4, -0.2) is 18.6 Å². The lowest BCUT2D eigenvalue weighted by atomic mass is 10.1. The van der Waals surface area contributed by atoms with Crippen molar-refractivity contribution >= 4 is 17.3 Å². The van der Waals surface area contributed by atoms with Gasteiger partial charge in [0.15, 0.2) is 0 Å². The lowest BCUT2D eigenvalue weighted by Gasteiger charge is -2.20. The molecule has 19 heavy (non-hydrogen) atoms. The Morgan fingerprint density at radius 3 is 2.79 bits per heavy atom. The summed E-state index contributed by atoms with van der Waals surface area (Å²) in [5, 5.41) is 0.779. The number of hydrogen-bond donors (Lipinski definition) is 1. The number of pyridine rings is 1. The molecule has 0 saturated carbocycles. The van der Waals surface area contributed by atoms with Crippen LogP contribution in [0.25, 0.3) is 0 Å². The molecule has 4 heteroatoms. The third kappa shape index (κ3) is 3.69. The van der Waals surface area contributed by atoms with Crippen LogP contribution < -0.4 is 10.6 Å². The molecule has 1 heterocycles. The fourth-order valence-corrected chi connectivity index (χ4v) is 2.26. The van der Waals surface area contributed by atoms with E-state index in [0.29, 0.717) is 6.54 Å². The molecule has 3 nitrogen and oxygen atoms in total. The van der Waals surface area contributed by atoms with E-state index in [4.69, 9.17) is 17.3 Å². The van der Waals surface area contributed by atoms with E-state index in [2.05, 4.69) is 22.0 Å². The molecule has 0 aliphatic rings. The van der Waals surface area contributed by atoms with Crippen molar-refractivity contribution in [2.45, 2.75) is 13.0 Å². The highest BCUT2D eigenvalue weighted by Crippen LogP contribution is 2.24. The maximum absolute atomic E-state index is 6.26. The number of nitrogens with zero attached hydrogens (tertiary/aromatic N) is 2. The minimum atomic E-state index is 0.616. The molecule has 0 fully saturated rings. The molecule has 2 aromatic rings. The van der Waals surface area contributed by atoms with E-state index in [9.17, 15) is 0 Å². The molecular weight excluding hydrogens is 258 g/mol. The Morgan fingerprint density at radius 2 is 2.16 bits per heavy atom. The Balaban J connectivity index is 2.11. The molecule has 1 aromatic heterocycles. The molecule has 0 aliphatic heterocycles. The molecule has 0 bridgehead atoms. The Morgan fingerprint density at radius 1 is 1.32 bits per heavy atom. The van der Waals surface area contributed by atoms with Crippen molar-refractivity contribution in [3.63, 3.8) is 0 Å². The van der Waals surface area contributed by atoms with Gasteiger partial charge in [0, 0.05) is 36.7 Å². The zero-order valence-electron chi connectivity index (χ0n) is 11.0. The van der Waals surface area contributed by atoms with Crippen LogP contribution in [-0.2, 0) is 13.0 Å². The van der Waals surface area contributed by atoms with Crippen LogP contribution in [0.15, 0.2) is 42.7 Å². The smallest absolute Gasteiger partial charge is 0.0459 e. The van der Waals surface area contributed by atoms with Crippen LogP contribution >= 0.6 is 11.6 Å². The highest BCUT2D eigenvalue weighted by molar-refractivity contribution is 6.31. The van der Waals surface area contributed by atoms with Gasteiger partial charge in [0.05, 0.1) is 0 Å². The standard InChI is InChI=1S/C15H18ClN3/c1-19(11-12-3-2-8-18-10-12)14-5-4-13(6-7-17)15(16)9-14/h2-5,8-10H,6-7,11,17H2,1H3. The van der Waals surface area contributed by atoms with Crippen molar-refractivity contribution in [3.05, 3.63) is 58.9 Å². The largest absolute Gasteiger partial charge is 0.370 e. The molecule has 1 aromatic carbocycles. The Hall–Kier alpha value is -1.58. The summed E-state index contributed by atoms with van der Waals surface area (Å²) in [6.07, 6.45) is 4.47. The predicted octanol–water partition coefficient (Wildman–Crippen LogP) is 2.87. The molecule has 0 spiro atoms. The van der Waals surface area contributed by atoms with Crippen molar-refractivity contribution in [3.8, 4) is 0 Å². The molecule has 0 atom stereocenters. The molecule has 100 valence electrons. The average Bonchev–Trinajstić information content (AvgIpc) is 2.42. The van der Waals surface area contributed by atoms with Gasteiger partial charge in [-0.2, -0.15) is 0 Å². The Bertz CT molecular complexity index is 528. The molecule has 2 rings (SSSR count). The number of halogens is 1. The quantitative estimate of drug-likeness (QED) is 0.912. The number of hydrogen-bond acceptors (Lipinski definition) is 3. The minimum absolute atomic E-state index is 0.616. The number of benzene rings is 1. The third-order valence-electron chi connectivity index (χ3n) is 3.03. The van der Waals surface area contributed by atoms with Gasteiger partial charge in [0.1, 0.15) is 0 Å². The number of nitrogens with two attached hydrogens (primary N) is 1. The molecule has 0 radical (unpaired) electrons. The monoisotopic (exact) mass is 275 g/mol. The molecular formula is C15H18ClN3. The van der Waals surface area contributed by atoms with E-state index >= 15 is 0 Å². The van der Waals surface area contributed by atoms with Crippen LogP contribution in [0.3, 0.4) is 0 Å². The number of anilines is 1. The zero-order valence-corrected chi connectivity index (χ0v) is 11.8. The van der Waals surface area contributed by atoms with Crippen molar-refractivity contribution in [1.82, 2.24) is 4.98 Å². The summed E-state index contributed by atoms with van der Waals surface area (Å²) in [4.78, 5) is 6.27. The Kier molecular flexibility index (Phi) is 4.77. The summed E-state index contributed by atoms with van der Waals surface area (Å²) in [6, 6.07) is 10.1. The van der Waals surface area contributed by atoms with Gasteiger partial charge in [-0.25, -0.2) is 0 Å². The SMILES string of the molecule is CN(Cc1cccnc1)c1ccc(CCN)c(Cl)c1. The summed E-state index contributed by atoms with van der Waals surface area (Å²) in [7, 11) is 2.04. The summed E-state index contributed by atoms with van der Waals surface area (Å²) >= 11 is 6.26. The van der Waals surface area contributed by atoms with Crippen LogP contribution in [0.1, 0.15) is 11.1 Å². The van der Waals surface area contributed by atoms with Gasteiger partial charge < -0.3 is 10.6 Å². The zero-order chi connectivity index (χ0) is 13.7. The van der Waals surface area contributed by atoms with Gasteiger partial charge in [-0.1, -0.05) is 23.7 Å². The third-order valence-corrected chi connectivity index (χ3v) is 3.39. The van der Waals surface area contributed by atoms with E-state index < -0.39 is 0 Å². The van der Waals surface area contributed by atoms with Crippen molar-refractivity contribution in [1.29, 1.82) is 0 Å². The second-order valence-electron chi connectivity index (χ2n) is 4.53. The fraction of sp³-hybridized carbons (Fsp3) is 0.267. The first-order chi connectivity index (χ1) is 9.20. The van der Waals surface area contributed by atoms with Crippen LogP contribution in [0, 0.1) is 0 Å². The molecule has 0 aliphatic carbocycles. The lowest BCUT2D eigenvalue weighted by molar-refractivity contribution is 0.912. The Labute approximate surface area is 119 Å². The second-order valence-corrected chi connectivity index (χ2v) is 4.94. The van der Waals surface area contributed by atoms with Crippen molar-refractivity contribution in [2.75, 3.05) is 18.5 Å². The van der Waals surface area contributed by atoms with E-state index in [1.165, 1.54) is 5.56 Å². The topological polar surface area (TPSA) is 42.2 Å². The number of rotatable bonds is 5. The van der Waals surface area contributed by atoms with Crippen LogP contribution in [0.2, 0.25) is 5.02 Å².